The van der Waals surface area contributed by atoms with Crippen LogP contribution in [-0.4, -0.2) is 14.6 Å². The fraction of sp³-hybridized carbons (Fsp3) is 0.714. The van der Waals surface area contributed by atoms with Crippen LogP contribution in [0.3, 0.4) is 0 Å². The van der Waals surface area contributed by atoms with E-state index in [1.807, 2.05) is 0 Å². The molecule has 0 radical (unpaired) electrons. The van der Waals surface area contributed by atoms with Crippen molar-refractivity contribution in [2.24, 2.45) is 5.73 Å². The third-order valence-corrected chi connectivity index (χ3v) is 2.63. The summed E-state index contributed by atoms with van der Waals surface area (Å²) in [6.07, 6.45) is 0. The topological polar surface area (TPSA) is 26.0 Å². The molecule has 1 nitrogen and oxygen atoms in total. The Morgan fingerprint density at radius 1 is 1.44 bits per heavy atom. The largest absolute Gasteiger partial charge is 0.327 e. The highest BCUT2D eigenvalue weighted by molar-refractivity contribution is 6.76. The van der Waals surface area contributed by atoms with Crippen LogP contribution in [-0.2, 0) is 0 Å². The maximum absolute atomic E-state index is 5.40. The van der Waals surface area contributed by atoms with Crippen LogP contribution >= 0.6 is 0 Å². The van der Waals surface area contributed by atoms with E-state index in [0.29, 0.717) is 6.54 Å². The molecule has 2 N–H and O–H groups in total. The molecule has 0 spiro atoms. The van der Waals surface area contributed by atoms with Gasteiger partial charge < -0.3 is 5.73 Å². The minimum atomic E-state index is -0.921. The van der Waals surface area contributed by atoms with Crippen LogP contribution in [0.2, 0.25) is 25.7 Å². The first-order valence-electron chi connectivity index (χ1n) is 3.32. The third kappa shape index (κ3) is 5.79. The summed E-state index contributed by atoms with van der Waals surface area (Å²) in [5.41, 5.74) is 6.60. The Labute approximate surface area is 59.0 Å². The normalized spacial score (nSPS) is 11.6. The highest BCUT2D eigenvalue weighted by atomic mass is 28.3. The van der Waals surface area contributed by atoms with Crippen molar-refractivity contribution in [3.63, 3.8) is 0 Å². The Bertz CT molecular complexity index is 102. The second-order valence-corrected chi connectivity index (χ2v) is 9.17. The van der Waals surface area contributed by atoms with E-state index in [4.69, 9.17) is 5.73 Å². The van der Waals surface area contributed by atoms with E-state index in [9.17, 15) is 0 Å². The van der Waals surface area contributed by atoms with Gasteiger partial charge in [-0.05, 0) is 6.04 Å². The standard InChI is InChI=1S/C7H17NSi/c1-7(5-8)6-9(2,3)4/h1,5-6,8H2,2-4H3. The SMILES string of the molecule is C=C(CN)C[Si](C)(C)C. The lowest BCUT2D eigenvalue weighted by Crippen LogP contribution is -2.21. The maximum Gasteiger partial charge on any atom is 0.0483 e. The van der Waals surface area contributed by atoms with Gasteiger partial charge in [-0.25, -0.2) is 0 Å². The van der Waals surface area contributed by atoms with Crippen molar-refractivity contribution < 1.29 is 0 Å². The molecule has 0 aliphatic rings. The van der Waals surface area contributed by atoms with E-state index in [1.165, 1.54) is 11.6 Å². The monoisotopic (exact) mass is 143 g/mol. The Kier molecular flexibility index (Phi) is 3.15. The zero-order valence-corrected chi connectivity index (χ0v) is 7.70. The van der Waals surface area contributed by atoms with Gasteiger partial charge in [0.15, 0.2) is 0 Å². The Morgan fingerprint density at radius 3 is 2.00 bits per heavy atom. The Balaban J connectivity index is 3.60. The molecule has 0 aromatic heterocycles. The first-order chi connectivity index (χ1) is 3.95. The predicted octanol–water partition coefficient (Wildman–Crippen LogP) is 1.84. The molecule has 0 unspecified atom stereocenters. The summed E-state index contributed by atoms with van der Waals surface area (Å²) < 4.78 is 0. The molecule has 0 aromatic carbocycles. The molecular weight excluding hydrogens is 126 g/mol. The first-order valence-corrected chi connectivity index (χ1v) is 7.03. The maximum atomic E-state index is 5.40. The van der Waals surface area contributed by atoms with Gasteiger partial charge in [0.05, 0.1) is 0 Å². The molecule has 0 bridgehead atoms. The smallest absolute Gasteiger partial charge is 0.0483 e. The average molecular weight is 143 g/mol. The molecule has 54 valence electrons. The molecule has 0 saturated carbocycles. The summed E-state index contributed by atoms with van der Waals surface area (Å²) in [5, 5.41) is 0. The van der Waals surface area contributed by atoms with Crippen molar-refractivity contribution in [3.8, 4) is 0 Å². The van der Waals surface area contributed by atoms with Crippen LogP contribution in [0.4, 0.5) is 0 Å². The molecule has 9 heavy (non-hydrogen) atoms. The minimum Gasteiger partial charge on any atom is -0.327 e. The molecule has 0 rings (SSSR count). The van der Waals surface area contributed by atoms with Crippen molar-refractivity contribution in [3.05, 3.63) is 12.2 Å². The fourth-order valence-electron chi connectivity index (χ4n) is 0.822. The summed E-state index contributed by atoms with van der Waals surface area (Å²) in [6, 6.07) is 1.17. The molecular formula is C7H17NSi. The highest BCUT2D eigenvalue weighted by Gasteiger charge is 2.12. The van der Waals surface area contributed by atoms with Gasteiger partial charge in [-0.15, -0.1) is 0 Å². The average Bonchev–Trinajstić information content (AvgIpc) is 1.62. The predicted molar refractivity (Wildman–Crippen MR) is 46.3 cm³/mol. The second-order valence-electron chi connectivity index (χ2n) is 3.69. The number of hydrogen-bond acceptors (Lipinski definition) is 1. The fourth-order valence-corrected chi connectivity index (χ4v) is 2.47. The molecule has 0 atom stereocenters. The van der Waals surface area contributed by atoms with Gasteiger partial charge in [0.25, 0.3) is 0 Å². The van der Waals surface area contributed by atoms with Crippen molar-refractivity contribution >= 4 is 8.07 Å². The summed E-state index contributed by atoms with van der Waals surface area (Å²) in [7, 11) is -0.921. The van der Waals surface area contributed by atoms with Gasteiger partial charge in [0.1, 0.15) is 0 Å². The molecule has 0 aromatic rings. The van der Waals surface area contributed by atoms with E-state index < -0.39 is 8.07 Å². The second kappa shape index (κ2) is 3.18. The van der Waals surface area contributed by atoms with Gasteiger partial charge in [-0.1, -0.05) is 31.8 Å². The Hall–Kier alpha value is -0.0831. The summed E-state index contributed by atoms with van der Waals surface area (Å²) in [6.45, 7) is 11.5. The number of rotatable bonds is 3. The van der Waals surface area contributed by atoms with Crippen LogP contribution in [0.15, 0.2) is 12.2 Å². The van der Waals surface area contributed by atoms with E-state index in [-0.39, 0.29) is 0 Å². The molecule has 0 amide bonds. The molecule has 0 saturated heterocycles. The quantitative estimate of drug-likeness (QED) is 0.473. The lowest BCUT2D eigenvalue weighted by atomic mass is 10.4. The van der Waals surface area contributed by atoms with Gasteiger partial charge in [0, 0.05) is 14.6 Å². The molecule has 2 heteroatoms. The van der Waals surface area contributed by atoms with Crippen LogP contribution in [0.1, 0.15) is 0 Å². The number of nitrogens with two attached hydrogens (primary N) is 1. The van der Waals surface area contributed by atoms with Crippen molar-refractivity contribution in [1.29, 1.82) is 0 Å². The van der Waals surface area contributed by atoms with Gasteiger partial charge >= 0.3 is 0 Å². The van der Waals surface area contributed by atoms with E-state index >= 15 is 0 Å². The van der Waals surface area contributed by atoms with Crippen LogP contribution in [0.25, 0.3) is 0 Å². The first kappa shape index (κ1) is 8.92. The Morgan fingerprint density at radius 2 is 1.89 bits per heavy atom. The lowest BCUT2D eigenvalue weighted by molar-refractivity contribution is 1.13. The van der Waals surface area contributed by atoms with E-state index in [0.717, 1.165) is 0 Å². The van der Waals surface area contributed by atoms with Gasteiger partial charge in [0.2, 0.25) is 0 Å². The summed E-state index contributed by atoms with van der Waals surface area (Å²) in [5.74, 6) is 0. The van der Waals surface area contributed by atoms with Crippen LogP contribution in [0.5, 0.6) is 0 Å². The molecule has 0 heterocycles. The van der Waals surface area contributed by atoms with Crippen LogP contribution < -0.4 is 5.73 Å². The molecule has 0 fully saturated rings. The summed E-state index contributed by atoms with van der Waals surface area (Å²) in [4.78, 5) is 0. The van der Waals surface area contributed by atoms with Gasteiger partial charge in [-0.2, -0.15) is 0 Å². The lowest BCUT2D eigenvalue weighted by Gasteiger charge is -2.15. The van der Waals surface area contributed by atoms with E-state index in [1.54, 1.807) is 0 Å². The van der Waals surface area contributed by atoms with Crippen molar-refractivity contribution in [2.45, 2.75) is 25.7 Å². The zero-order valence-electron chi connectivity index (χ0n) is 6.70. The summed E-state index contributed by atoms with van der Waals surface area (Å²) >= 11 is 0. The highest BCUT2D eigenvalue weighted by Crippen LogP contribution is 2.12. The molecule has 0 aliphatic heterocycles. The van der Waals surface area contributed by atoms with Crippen LogP contribution in [0, 0.1) is 0 Å². The number of hydrogen-bond donors (Lipinski definition) is 1. The third-order valence-electron chi connectivity index (χ3n) is 1.07. The molecule has 0 aliphatic carbocycles. The van der Waals surface area contributed by atoms with Crippen molar-refractivity contribution in [2.75, 3.05) is 6.54 Å². The van der Waals surface area contributed by atoms with Gasteiger partial charge in [-0.3, -0.25) is 0 Å². The van der Waals surface area contributed by atoms with E-state index in [2.05, 4.69) is 26.2 Å². The zero-order chi connectivity index (χ0) is 7.49. The van der Waals surface area contributed by atoms with Crippen molar-refractivity contribution in [1.82, 2.24) is 0 Å². The minimum absolute atomic E-state index is 0.657.